The Balaban J connectivity index is 1.78. The molecule has 0 aliphatic carbocycles. The molecule has 2 aromatic carbocycles. The van der Waals surface area contributed by atoms with Crippen molar-refractivity contribution in [2.45, 2.75) is 32.5 Å². The minimum atomic E-state index is -4.34. The molecule has 0 saturated carbocycles. The average molecular weight is 391 g/mol. The van der Waals surface area contributed by atoms with Crippen LogP contribution in [0.4, 0.5) is 13.2 Å². The van der Waals surface area contributed by atoms with E-state index in [-0.39, 0.29) is 11.8 Å². The van der Waals surface area contributed by atoms with Crippen molar-refractivity contribution in [2.24, 2.45) is 5.92 Å². The van der Waals surface area contributed by atoms with Crippen LogP contribution >= 0.6 is 0 Å². The quantitative estimate of drug-likeness (QED) is 0.723. The van der Waals surface area contributed by atoms with Gasteiger partial charge in [0.05, 0.1) is 5.56 Å². The zero-order valence-corrected chi connectivity index (χ0v) is 16.1. The number of rotatable bonds is 5. The van der Waals surface area contributed by atoms with Gasteiger partial charge in [-0.2, -0.15) is 13.2 Å². The minimum Gasteiger partial charge on any atom is -0.384 e. The average Bonchev–Trinajstić information content (AvgIpc) is 2.66. The van der Waals surface area contributed by atoms with Crippen LogP contribution in [-0.2, 0) is 28.7 Å². The molecular weight excluding hydrogens is 367 g/mol. The first-order valence-electron chi connectivity index (χ1n) is 9.34. The number of carbonyl (C=O) groups excluding carboxylic acids is 1. The molecule has 0 bridgehead atoms. The van der Waals surface area contributed by atoms with Gasteiger partial charge in [-0.3, -0.25) is 4.79 Å². The summed E-state index contributed by atoms with van der Waals surface area (Å²) in [6.07, 6.45) is -3.20. The summed E-state index contributed by atoms with van der Waals surface area (Å²) in [5.41, 5.74) is 3.21. The van der Waals surface area contributed by atoms with Crippen LogP contribution in [0.25, 0.3) is 11.1 Å². The van der Waals surface area contributed by atoms with E-state index in [0.29, 0.717) is 32.5 Å². The fraction of sp³-hybridized carbons (Fsp3) is 0.409. The van der Waals surface area contributed by atoms with Crippen LogP contribution in [0.2, 0.25) is 0 Å². The fourth-order valence-corrected chi connectivity index (χ4v) is 3.70. The molecule has 1 aliphatic rings. The van der Waals surface area contributed by atoms with Crippen molar-refractivity contribution in [3.63, 3.8) is 0 Å². The number of methoxy groups -OCH3 is 1. The summed E-state index contributed by atoms with van der Waals surface area (Å²) in [6.45, 7) is 3.68. The first kappa shape index (κ1) is 20.4. The Hall–Kier alpha value is -2.34. The van der Waals surface area contributed by atoms with Crippen molar-refractivity contribution in [1.29, 1.82) is 0 Å². The molecule has 150 valence electrons. The zero-order valence-electron chi connectivity index (χ0n) is 16.1. The van der Waals surface area contributed by atoms with Gasteiger partial charge in [-0.1, -0.05) is 37.3 Å². The van der Waals surface area contributed by atoms with E-state index in [1.807, 2.05) is 30.0 Å². The maximum Gasteiger partial charge on any atom is 0.416 e. The Morgan fingerprint density at radius 1 is 1.18 bits per heavy atom. The van der Waals surface area contributed by atoms with Gasteiger partial charge < -0.3 is 9.64 Å². The molecule has 1 amide bonds. The summed E-state index contributed by atoms with van der Waals surface area (Å²) in [7, 11) is 1.63. The second-order valence-corrected chi connectivity index (χ2v) is 7.35. The number of ether oxygens (including phenoxy) is 1. The molecule has 1 aliphatic heterocycles. The molecule has 0 aromatic heterocycles. The number of fused-ring (bicyclic) bond motifs is 1. The topological polar surface area (TPSA) is 29.5 Å². The van der Waals surface area contributed by atoms with Gasteiger partial charge in [0.25, 0.3) is 0 Å². The van der Waals surface area contributed by atoms with Crippen molar-refractivity contribution in [2.75, 3.05) is 20.3 Å². The van der Waals surface area contributed by atoms with Gasteiger partial charge in [-0.25, -0.2) is 0 Å². The molecule has 1 heterocycles. The normalized spacial score (nSPS) is 15.2. The van der Waals surface area contributed by atoms with E-state index in [1.165, 1.54) is 12.1 Å². The molecule has 0 spiro atoms. The molecule has 3 nitrogen and oxygen atoms in total. The SMILES string of the molecule is COCC(C)CC(=O)N1CCc2c(cccc2-c2ccc(C(F)(F)F)cc2)C1. The smallest absolute Gasteiger partial charge is 0.384 e. The van der Waals surface area contributed by atoms with E-state index < -0.39 is 11.7 Å². The standard InChI is InChI=1S/C22H24F3NO2/c1-15(14-28-2)12-21(27)26-11-10-20-17(13-26)4-3-5-19(20)16-6-8-18(9-7-16)22(23,24)25/h3-9,15H,10-14H2,1-2H3. The molecule has 2 aromatic rings. The zero-order chi connectivity index (χ0) is 20.3. The number of hydrogen-bond donors (Lipinski definition) is 0. The lowest BCUT2D eigenvalue weighted by Gasteiger charge is -2.31. The molecule has 0 fully saturated rings. The number of carbonyl (C=O) groups is 1. The molecule has 28 heavy (non-hydrogen) atoms. The van der Waals surface area contributed by atoms with Gasteiger partial charge in [0.15, 0.2) is 0 Å². The molecule has 1 atom stereocenters. The Bertz CT molecular complexity index is 831. The van der Waals surface area contributed by atoms with Gasteiger partial charge in [-0.15, -0.1) is 0 Å². The predicted molar refractivity (Wildman–Crippen MR) is 102 cm³/mol. The minimum absolute atomic E-state index is 0.107. The first-order valence-corrected chi connectivity index (χ1v) is 9.34. The Morgan fingerprint density at radius 3 is 2.54 bits per heavy atom. The van der Waals surface area contributed by atoms with E-state index in [9.17, 15) is 18.0 Å². The number of alkyl halides is 3. The van der Waals surface area contributed by atoms with Crippen molar-refractivity contribution in [1.82, 2.24) is 4.90 Å². The predicted octanol–water partition coefficient (Wildman–Crippen LogP) is 4.93. The van der Waals surface area contributed by atoms with Crippen LogP contribution in [0.1, 0.15) is 30.0 Å². The highest BCUT2D eigenvalue weighted by Gasteiger charge is 2.30. The highest BCUT2D eigenvalue weighted by molar-refractivity contribution is 5.77. The monoisotopic (exact) mass is 391 g/mol. The van der Waals surface area contributed by atoms with Crippen LogP contribution in [0.3, 0.4) is 0 Å². The molecule has 0 N–H and O–H groups in total. The van der Waals surface area contributed by atoms with E-state index in [1.54, 1.807) is 7.11 Å². The maximum atomic E-state index is 12.8. The number of amides is 1. The largest absolute Gasteiger partial charge is 0.416 e. The van der Waals surface area contributed by atoms with Crippen molar-refractivity contribution in [3.05, 3.63) is 59.2 Å². The number of hydrogen-bond acceptors (Lipinski definition) is 2. The summed E-state index contributed by atoms with van der Waals surface area (Å²) < 4.78 is 43.5. The molecule has 0 radical (unpaired) electrons. The summed E-state index contributed by atoms with van der Waals surface area (Å²) in [5, 5.41) is 0. The van der Waals surface area contributed by atoms with Gasteiger partial charge in [-0.05, 0) is 46.7 Å². The lowest BCUT2D eigenvalue weighted by atomic mass is 9.90. The number of nitrogens with zero attached hydrogens (tertiary/aromatic N) is 1. The molecule has 1 unspecified atom stereocenters. The highest BCUT2D eigenvalue weighted by Crippen LogP contribution is 2.34. The van der Waals surface area contributed by atoms with Gasteiger partial charge >= 0.3 is 6.18 Å². The number of benzene rings is 2. The van der Waals surface area contributed by atoms with Crippen LogP contribution in [-0.4, -0.2) is 31.1 Å². The fourth-order valence-electron chi connectivity index (χ4n) is 3.70. The lowest BCUT2D eigenvalue weighted by Crippen LogP contribution is -2.37. The van der Waals surface area contributed by atoms with E-state index >= 15 is 0 Å². The molecular formula is C22H24F3NO2. The third-order valence-electron chi connectivity index (χ3n) is 5.12. The first-order chi connectivity index (χ1) is 13.3. The summed E-state index contributed by atoms with van der Waals surface area (Å²) in [5.74, 6) is 0.271. The van der Waals surface area contributed by atoms with Crippen molar-refractivity contribution < 1.29 is 22.7 Å². The summed E-state index contributed by atoms with van der Waals surface area (Å²) >= 11 is 0. The molecule has 0 saturated heterocycles. The van der Waals surface area contributed by atoms with Crippen LogP contribution in [0.15, 0.2) is 42.5 Å². The van der Waals surface area contributed by atoms with Crippen molar-refractivity contribution in [3.8, 4) is 11.1 Å². The summed E-state index contributed by atoms with van der Waals surface area (Å²) in [6, 6.07) is 11.1. The second-order valence-electron chi connectivity index (χ2n) is 7.35. The Labute approximate surface area is 163 Å². The second kappa shape index (κ2) is 8.35. The molecule has 6 heteroatoms. The van der Waals surface area contributed by atoms with Gasteiger partial charge in [0, 0.05) is 33.2 Å². The highest BCUT2D eigenvalue weighted by atomic mass is 19.4. The third kappa shape index (κ3) is 4.55. The van der Waals surface area contributed by atoms with E-state index in [2.05, 4.69) is 0 Å². The Kier molecular flexibility index (Phi) is 6.08. The van der Waals surface area contributed by atoms with E-state index in [4.69, 9.17) is 4.74 Å². The van der Waals surface area contributed by atoms with Crippen molar-refractivity contribution >= 4 is 5.91 Å². The van der Waals surface area contributed by atoms with Crippen LogP contribution in [0, 0.1) is 5.92 Å². The lowest BCUT2D eigenvalue weighted by molar-refractivity contribution is -0.137. The maximum absolute atomic E-state index is 12.8. The number of halogens is 3. The van der Waals surface area contributed by atoms with Gasteiger partial charge in [0.2, 0.25) is 5.91 Å². The summed E-state index contributed by atoms with van der Waals surface area (Å²) in [4.78, 5) is 14.4. The van der Waals surface area contributed by atoms with Gasteiger partial charge in [0.1, 0.15) is 0 Å². The van der Waals surface area contributed by atoms with Crippen LogP contribution in [0.5, 0.6) is 0 Å². The van der Waals surface area contributed by atoms with Crippen LogP contribution < -0.4 is 0 Å². The third-order valence-corrected chi connectivity index (χ3v) is 5.12. The van der Waals surface area contributed by atoms with E-state index in [0.717, 1.165) is 34.4 Å². The Morgan fingerprint density at radius 2 is 1.89 bits per heavy atom. The molecule has 3 rings (SSSR count).